The van der Waals surface area contributed by atoms with Crippen LogP contribution >= 0.6 is 19.8 Å². The molecule has 0 spiro atoms. The van der Waals surface area contributed by atoms with Gasteiger partial charge in [-0.1, -0.05) is 0 Å². The van der Waals surface area contributed by atoms with Crippen LogP contribution in [0.2, 0.25) is 0 Å². The molecule has 0 saturated carbocycles. The van der Waals surface area contributed by atoms with Gasteiger partial charge in [-0.25, -0.2) is 0 Å². The molecule has 2 nitrogen and oxygen atoms in total. The van der Waals surface area contributed by atoms with Crippen molar-refractivity contribution in [2.24, 2.45) is 0 Å². The van der Waals surface area contributed by atoms with E-state index in [2.05, 4.69) is 0 Å². The molecule has 0 aliphatic carbocycles. The molecule has 0 unspecified atom stereocenters. The zero-order valence-corrected chi connectivity index (χ0v) is 12.5. The minimum absolute atomic E-state index is 0.439. The zero-order valence-electron chi connectivity index (χ0n) is 9.33. The average Bonchev–Trinajstić information content (AvgIpc) is 2.30. The molecule has 0 bridgehead atoms. The van der Waals surface area contributed by atoms with Crippen LogP contribution in [-0.4, -0.2) is 8.42 Å². The molecule has 0 aromatic heterocycles. The Morgan fingerprint density at radius 1 is 0.882 bits per heavy atom. The van der Waals surface area contributed by atoms with Gasteiger partial charge in [-0.3, -0.25) is 0 Å². The second-order valence-electron chi connectivity index (χ2n) is 3.66. The van der Waals surface area contributed by atoms with Crippen LogP contribution in [0.15, 0.2) is 59.5 Å². The third-order valence-electron chi connectivity index (χ3n) is 2.26. The first-order valence-electron chi connectivity index (χ1n) is 5.14. The van der Waals surface area contributed by atoms with E-state index >= 15 is 0 Å². The van der Waals surface area contributed by atoms with Gasteiger partial charge < -0.3 is 0 Å². The van der Waals surface area contributed by atoms with Crippen LogP contribution in [0.4, 0.5) is 0 Å². The molecule has 2 rings (SSSR count). The second-order valence-corrected chi connectivity index (χ2v) is 11.7. The Morgan fingerprint density at radius 2 is 1.47 bits per heavy atom. The second kappa shape index (κ2) is 5.18. The van der Waals surface area contributed by atoms with E-state index in [1.807, 2.05) is 49.4 Å². The number of halogens is 1. The number of hydrogen-bond donors (Lipinski definition) is 0. The van der Waals surface area contributed by atoms with Crippen LogP contribution in [0, 0.1) is 10.5 Å². The molecule has 2 aromatic rings. The summed E-state index contributed by atoms with van der Waals surface area (Å²) in [5.74, 6) is 0. The molecule has 0 saturated heterocycles. The van der Waals surface area contributed by atoms with E-state index in [0.29, 0.717) is 4.90 Å². The van der Waals surface area contributed by atoms with Gasteiger partial charge in [0, 0.05) is 0 Å². The molecule has 4 heteroatoms. The zero-order chi connectivity index (χ0) is 12.3. The summed E-state index contributed by atoms with van der Waals surface area (Å²) < 4.78 is 25.3. The van der Waals surface area contributed by atoms with Gasteiger partial charge in [-0.2, -0.15) is 0 Å². The number of rotatable bonds is 3. The maximum atomic E-state index is 12.2. The molecule has 0 amide bonds. The van der Waals surface area contributed by atoms with Crippen LogP contribution in [0.3, 0.4) is 0 Å². The monoisotopic (exact) mass is 360 g/mol. The standard InChI is InChI=1S/C13H13IO2S/c1-11-7-9-13(10-8-11)17(15,16)14-12-5-3-2-4-6-12/h2-10,14H,1H3. The van der Waals surface area contributed by atoms with Crippen molar-refractivity contribution in [3.63, 3.8) is 0 Å². The molecular formula is C13H13IO2S. The van der Waals surface area contributed by atoms with Crippen LogP contribution in [0.25, 0.3) is 0 Å². The summed E-state index contributed by atoms with van der Waals surface area (Å²) in [5.41, 5.74) is 1.07. The number of aryl methyl sites for hydroxylation is 1. The van der Waals surface area contributed by atoms with Crippen molar-refractivity contribution in [2.45, 2.75) is 11.8 Å². The fourth-order valence-electron chi connectivity index (χ4n) is 1.36. The van der Waals surface area contributed by atoms with Crippen LogP contribution in [-0.2, 0) is 7.01 Å². The predicted molar refractivity (Wildman–Crippen MR) is 78.9 cm³/mol. The predicted octanol–water partition coefficient (Wildman–Crippen LogP) is 3.26. The summed E-state index contributed by atoms with van der Waals surface area (Å²) in [6.07, 6.45) is 0. The van der Waals surface area contributed by atoms with E-state index in [4.69, 9.17) is 0 Å². The fourth-order valence-corrected chi connectivity index (χ4v) is 7.63. The Kier molecular flexibility index (Phi) is 3.83. The number of hydrogen-bond acceptors (Lipinski definition) is 2. The van der Waals surface area contributed by atoms with Gasteiger partial charge in [0.15, 0.2) is 0 Å². The molecule has 2 aromatic carbocycles. The van der Waals surface area contributed by atoms with Gasteiger partial charge >= 0.3 is 111 Å². The molecule has 0 atom stereocenters. The van der Waals surface area contributed by atoms with E-state index < -0.39 is 26.8 Å². The van der Waals surface area contributed by atoms with Crippen LogP contribution in [0.1, 0.15) is 5.56 Å². The summed E-state index contributed by atoms with van der Waals surface area (Å²) in [5, 5.41) is 0. The molecule has 0 aliphatic heterocycles. The Balaban J connectivity index is 2.29. The normalized spacial score (nSPS) is 11.6. The van der Waals surface area contributed by atoms with Gasteiger partial charge in [-0.05, 0) is 0 Å². The van der Waals surface area contributed by atoms with Crippen molar-refractivity contribution in [1.29, 1.82) is 0 Å². The SMILES string of the molecule is Cc1ccc(S(=O)(=O)[IH]c2ccccc2)cc1. The Morgan fingerprint density at radius 3 is 2.06 bits per heavy atom. The van der Waals surface area contributed by atoms with Gasteiger partial charge in [-0.15, -0.1) is 0 Å². The minimum atomic E-state index is -3.10. The Hall–Kier alpha value is -0.880. The fraction of sp³-hybridized carbons (Fsp3) is 0.0769. The first-order valence-corrected chi connectivity index (χ1v) is 10.6. The molecule has 90 valence electrons. The molecule has 0 fully saturated rings. The van der Waals surface area contributed by atoms with Crippen molar-refractivity contribution >= 4 is 26.8 Å². The van der Waals surface area contributed by atoms with E-state index in [1.54, 1.807) is 12.1 Å². The van der Waals surface area contributed by atoms with Gasteiger partial charge in [0.1, 0.15) is 0 Å². The van der Waals surface area contributed by atoms with Crippen LogP contribution in [0.5, 0.6) is 0 Å². The molecule has 0 aliphatic rings. The van der Waals surface area contributed by atoms with E-state index in [0.717, 1.165) is 9.13 Å². The Labute approximate surface area is 110 Å². The van der Waals surface area contributed by atoms with Crippen LogP contribution < -0.4 is 0 Å². The van der Waals surface area contributed by atoms with E-state index in [1.165, 1.54) is 0 Å². The third kappa shape index (κ3) is 3.29. The summed E-state index contributed by atoms with van der Waals surface area (Å²) in [7, 11) is -3.10. The van der Waals surface area contributed by atoms with E-state index in [-0.39, 0.29) is 0 Å². The molecule has 0 N–H and O–H groups in total. The van der Waals surface area contributed by atoms with Crippen molar-refractivity contribution in [2.75, 3.05) is 0 Å². The summed E-state index contributed by atoms with van der Waals surface area (Å²) in [6.45, 7) is 1.95. The van der Waals surface area contributed by atoms with Gasteiger partial charge in [0.2, 0.25) is 0 Å². The quantitative estimate of drug-likeness (QED) is 0.622. The summed E-state index contributed by atoms with van der Waals surface area (Å²) in [6, 6.07) is 16.5. The first kappa shape index (κ1) is 12.6. The van der Waals surface area contributed by atoms with E-state index in [9.17, 15) is 8.42 Å². The van der Waals surface area contributed by atoms with Crippen molar-refractivity contribution < 1.29 is 8.42 Å². The molecule has 0 heterocycles. The molecule has 17 heavy (non-hydrogen) atoms. The van der Waals surface area contributed by atoms with Gasteiger partial charge in [0.25, 0.3) is 0 Å². The first-order chi connectivity index (χ1) is 8.08. The maximum absolute atomic E-state index is 12.2. The van der Waals surface area contributed by atoms with Crippen molar-refractivity contribution in [3.8, 4) is 0 Å². The van der Waals surface area contributed by atoms with Crippen molar-refractivity contribution in [1.82, 2.24) is 0 Å². The van der Waals surface area contributed by atoms with Crippen molar-refractivity contribution in [3.05, 3.63) is 63.7 Å². The summed E-state index contributed by atoms with van der Waals surface area (Å²) in [4.78, 5) is 0.439. The third-order valence-corrected chi connectivity index (χ3v) is 9.47. The molecule has 0 radical (unpaired) electrons. The number of benzene rings is 2. The molecular weight excluding hydrogens is 347 g/mol. The Bertz CT molecular complexity index is 589. The topological polar surface area (TPSA) is 34.1 Å². The summed E-state index contributed by atoms with van der Waals surface area (Å²) >= 11 is -1.23. The average molecular weight is 360 g/mol. The van der Waals surface area contributed by atoms with Gasteiger partial charge in [0.05, 0.1) is 0 Å².